The van der Waals surface area contributed by atoms with Crippen LogP contribution in [0.4, 0.5) is 18.9 Å². The van der Waals surface area contributed by atoms with Gasteiger partial charge in [-0.3, -0.25) is 9.59 Å². The first-order valence-electron chi connectivity index (χ1n) is 9.91. The molecule has 3 aliphatic heterocycles. The Kier molecular flexibility index (Phi) is 4.40. The zero-order valence-corrected chi connectivity index (χ0v) is 16.7. The minimum absolute atomic E-state index is 0.168. The molecule has 32 heavy (non-hydrogen) atoms. The van der Waals surface area contributed by atoms with Crippen LogP contribution in [0.3, 0.4) is 0 Å². The van der Waals surface area contributed by atoms with Crippen LogP contribution < -0.4 is 4.90 Å². The third-order valence-corrected chi connectivity index (χ3v) is 6.34. The zero-order valence-electron chi connectivity index (χ0n) is 16.7. The van der Waals surface area contributed by atoms with Crippen molar-refractivity contribution in [3.63, 3.8) is 0 Å². The molecule has 0 saturated carbocycles. The molecule has 0 radical (unpaired) electrons. The summed E-state index contributed by atoms with van der Waals surface area (Å²) in [4.78, 5) is 42.0. The Morgan fingerprint density at radius 3 is 2.44 bits per heavy atom. The molecule has 3 heterocycles. The van der Waals surface area contributed by atoms with Crippen molar-refractivity contribution in [3.8, 4) is 0 Å². The smallest absolute Gasteiger partial charge is 0.416 e. The van der Waals surface area contributed by atoms with Crippen molar-refractivity contribution < 1.29 is 32.3 Å². The molecule has 0 spiro atoms. The number of imide groups is 1. The first kappa shape index (κ1) is 20.3. The number of alkyl halides is 3. The number of methoxy groups -OCH3 is 1. The molecule has 6 nitrogen and oxygen atoms in total. The fourth-order valence-corrected chi connectivity index (χ4v) is 5.02. The average Bonchev–Trinajstić information content (AvgIpc) is 3.25. The molecule has 5 rings (SSSR count). The van der Waals surface area contributed by atoms with E-state index in [1.807, 2.05) is 18.2 Å². The zero-order chi connectivity index (χ0) is 22.8. The number of benzene rings is 2. The van der Waals surface area contributed by atoms with Crippen molar-refractivity contribution in [1.29, 1.82) is 0 Å². The summed E-state index contributed by atoms with van der Waals surface area (Å²) in [5.74, 6) is -4.04. The molecule has 0 N–H and O–H groups in total. The molecule has 2 amide bonds. The second kappa shape index (κ2) is 6.94. The van der Waals surface area contributed by atoms with Gasteiger partial charge in [-0.15, -0.1) is 0 Å². The van der Waals surface area contributed by atoms with E-state index in [2.05, 4.69) is 0 Å². The third-order valence-electron chi connectivity index (χ3n) is 6.34. The van der Waals surface area contributed by atoms with E-state index in [4.69, 9.17) is 4.74 Å². The van der Waals surface area contributed by atoms with Gasteiger partial charge in [0.1, 0.15) is 6.04 Å². The molecule has 2 saturated heterocycles. The Hall–Kier alpha value is -3.62. The lowest BCUT2D eigenvalue weighted by molar-refractivity contribution is -0.148. The minimum Gasteiger partial charge on any atom is -0.467 e. The predicted molar refractivity (Wildman–Crippen MR) is 107 cm³/mol. The first-order valence-corrected chi connectivity index (χ1v) is 9.91. The molecule has 0 bridgehead atoms. The summed E-state index contributed by atoms with van der Waals surface area (Å²) in [6.07, 6.45) is -1.17. The maximum Gasteiger partial charge on any atom is 0.416 e. The number of halogens is 3. The highest BCUT2D eigenvalue weighted by molar-refractivity contribution is 6.24. The van der Waals surface area contributed by atoms with E-state index < -0.39 is 53.4 Å². The SMILES string of the molecule is COC(=O)[C@H]1[C@@H]2C(=O)N(c3cccc(C(F)(F)F)c3)C(=O)[C@@H]2[C@H]2c3ccccc3C=CN21. The van der Waals surface area contributed by atoms with Crippen molar-refractivity contribution in [1.82, 2.24) is 4.90 Å². The van der Waals surface area contributed by atoms with E-state index in [1.54, 1.807) is 23.2 Å². The Balaban J connectivity index is 1.63. The molecule has 2 aromatic carbocycles. The van der Waals surface area contributed by atoms with Gasteiger partial charge in [-0.25, -0.2) is 9.69 Å². The third kappa shape index (κ3) is 2.77. The van der Waals surface area contributed by atoms with Gasteiger partial charge in [-0.05, 0) is 35.4 Å². The lowest BCUT2D eigenvalue weighted by Crippen LogP contribution is -2.44. The van der Waals surface area contributed by atoms with Crippen molar-refractivity contribution in [2.75, 3.05) is 12.0 Å². The highest BCUT2D eigenvalue weighted by Gasteiger charge is 2.65. The van der Waals surface area contributed by atoms with Crippen LogP contribution in [-0.4, -0.2) is 35.8 Å². The molecule has 0 unspecified atom stereocenters. The van der Waals surface area contributed by atoms with Crippen molar-refractivity contribution in [3.05, 3.63) is 71.4 Å². The summed E-state index contributed by atoms with van der Waals surface area (Å²) < 4.78 is 44.6. The number of fused-ring (bicyclic) bond motifs is 5. The van der Waals surface area contributed by atoms with Crippen LogP contribution in [0.15, 0.2) is 54.7 Å². The highest BCUT2D eigenvalue weighted by atomic mass is 19.4. The van der Waals surface area contributed by atoms with Gasteiger partial charge in [-0.2, -0.15) is 13.2 Å². The number of hydrogen-bond acceptors (Lipinski definition) is 5. The second-order valence-electron chi connectivity index (χ2n) is 7.92. The van der Waals surface area contributed by atoms with Crippen LogP contribution >= 0.6 is 0 Å². The molecule has 2 aromatic rings. The number of anilines is 1. The Labute approximate surface area is 180 Å². The van der Waals surface area contributed by atoms with Crippen molar-refractivity contribution in [2.24, 2.45) is 11.8 Å². The summed E-state index contributed by atoms with van der Waals surface area (Å²) in [6, 6.07) is 9.70. The van der Waals surface area contributed by atoms with E-state index in [9.17, 15) is 27.6 Å². The number of ether oxygens (including phenoxy) is 1. The van der Waals surface area contributed by atoms with E-state index >= 15 is 0 Å². The van der Waals surface area contributed by atoms with Crippen LogP contribution in [0.1, 0.15) is 22.7 Å². The molecule has 9 heteroatoms. The van der Waals surface area contributed by atoms with Crippen LogP contribution in [0.5, 0.6) is 0 Å². The van der Waals surface area contributed by atoms with Gasteiger partial charge in [0.25, 0.3) is 0 Å². The van der Waals surface area contributed by atoms with Crippen molar-refractivity contribution >= 4 is 29.5 Å². The van der Waals surface area contributed by atoms with Crippen LogP contribution in [0.2, 0.25) is 0 Å². The minimum atomic E-state index is -4.63. The number of carbonyl (C=O) groups is 3. The van der Waals surface area contributed by atoms with Crippen LogP contribution in [0.25, 0.3) is 6.08 Å². The van der Waals surface area contributed by atoms with Crippen molar-refractivity contribution in [2.45, 2.75) is 18.3 Å². The molecule has 4 atom stereocenters. The molecular weight excluding hydrogens is 425 g/mol. The van der Waals surface area contributed by atoms with Gasteiger partial charge >= 0.3 is 12.1 Å². The monoisotopic (exact) mass is 442 g/mol. The van der Waals surface area contributed by atoms with Gasteiger partial charge in [0, 0.05) is 6.20 Å². The maximum absolute atomic E-state index is 13.5. The van der Waals surface area contributed by atoms with Gasteiger partial charge in [0.05, 0.1) is 36.2 Å². The summed E-state index contributed by atoms with van der Waals surface area (Å²) in [5.41, 5.74) is 0.475. The Morgan fingerprint density at radius 1 is 1.00 bits per heavy atom. The highest BCUT2D eigenvalue weighted by Crippen LogP contribution is 2.53. The van der Waals surface area contributed by atoms with Gasteiger partial charge < -0.3 is 9.64 Å². The van der Waals surface area contributed by atoms with E-state index in [0.717, 1.165) is 34.2 Å². The lowest BCUT2D eigenvalue weighted by atomic mass is 9.84. The molecule has 2 fully saturated rings. The number of rotatable bonds is 2. The van der Waals surface area contributed by atoms with Gasteiger partial charge in [0.2, 0.25) is 11.8 Å². The molecule has 0 aliphatic carbocycles. The second-order valence-corrected chi connectivity index (χ2v) is 7.92. The predicted octanol–water partition coefficient (Wildman–Crippen LogP) is 3.39. The van der Waals surface area contributed by atoms with Gasteiger partial charge in [-0.1, -0.05) is 30.3 Å². The summed E-state index contributed by atoms with van der Waals surface area (Å²) >= 11 is 0. The number of hydrogen-bond donors (Lipinski definition) is 0. The van der Waals surface area contributed by atoms with Gasteiger partial charge in [0.15, 0.2) is 0 Å². The number of carbonyl (C=O) groups excluding carboxylic acids is 3. The topological polar surface area (TPSA) is 66.9 Å². The molecule has 0 aromatic heterocycles. The summed E-state index contributed by atoms with van der Waals surface area (Å²) in [5, 5.41) is 0. The van der Waals surface area contributed by atoms with E-state index in [1.165, 1.54) is 13.2 Å². The number of esters is 1. The van der Waals surface area contributed by atoms with Crippen LogP contribution in [0, 0.1) is 11.8 Å². The Morgan fingerprint density at radius 2 is 1.72 bits per heavy atom. The normalized spacial score (nSPS) is 26.1. The summed E-state index contributed by atoms with van der Waals surface area (Å²) in [7, 11) is 1.19. The number of amides is 2. The largest absolute Gasteiger partial charge is 0.467 e. The quantitative estimate of drug-likeness (QED) is 0.527. The summed E-state index contributed by atoms with van der Waals surface area (Å²) in [6.45, 7) is 0. The average molecular weight is 442 g/mol. The molecule has 3 aliphatic rings. The maximum atomic E-state index is 13.5. The number of nitrogens with zero attached hydrogens (tertiary/aromatic N) is 2. The fraction of sp³-hybridized carbons (Fsp3) is 0.261. The standard InChI is InChI=1S/C23H17F3N2O4/c1-32-22(31)19-17-16(18-15-8-3-2-5-12(15)9-10-27(18)19)20(29)28(21(17)30)14-7-4-6-13(11-14)23(24,25)26/h2-11,16-19H,1H3/t16-,17+,18+,19+/m0/s1. The van der Waals surface area contributed by atoms with E-state index in [-0.39, 0.29) is 5.69 Å². The van der Waals surface area contributed by atoms with E-state index in [0.29, 0.717) is 0 Å². The fourth-order valence-electron chi connectivity index (χ4n) is 5.02. The molecular formula is C23H17F3N2O4. The first-order chi connectivity index (χ1) is 15.2. The lowest BCUT2D eigenvalue weighted by Gasteiger charge is -2.34. The molecule has 164 valence electrons. The Bertz CT molecular complexity index is 1180. The van der Waals surface area contributed by atoms with Crippen LogP contribution in [-0.2, 0) is 25.3 Å².